The third kappa shape index (κ3) is 5.88. The van der Waals surface area contributed by atoms with Crippen molar-refractivity contribution in [2.24, 2.45) is 0 Å². The van der Waals surface area contributed by atoms with Crippen molar-refractivity contribution in [3.05, 3.63) is 243 Å². The van der Waals surface area contributed by atoms with Crippen LogP contribution in [0.4, 0.5) is 17.1 Å². The molecule has 0 amide bonds. The molecule has 2 nitrogen and oxygen atoms in total. The van der Waals surface area contributed by atoms with Crippen LogP contribution in [-0.2, 0) is 0 Å². The molecule has 0 bridgehead atoms. The first-order valence-corrected chi connectivity index (χ1v) is 21.3. The van der Waals surface area contributed by atoms with Gasteiger partial charge in [-0.25, -0.2) is 0 Å². The van der Waals surface area contributed by atoms with Gasteiger partial charge in [0.1, 0.15) is 0 Å². The Kier molecular flexibility index (Phi) is 8.53. The van der Waals surface area contributed by atoms with Crippen molar-refractivity contribution in [1.82, 2.24) is 4.40 Å². The van der Waals surface area contributed by atoms with Crippen molar-refractivity contribution in [2.45, 2.75) is 0 Å². The Morgan fingerprint density at radius 3 is 1.34 bits per heavy atom. The molecule has 2 aromatic heterocycles. The summed E-state index contributed by atoms with van der Waals surface area (Å²) in [4.78, 5) is 2.45. The van der Waals surface area contributed by atoms with Crippen LogP contribution in [0.15, 0.2) is 243 Å². The molecule has 0 aliphatic rings. The normalized spacial score (nSPS) is 11.5. The van der Waals surface area contributed by atoms with E-state index in [1.165, 1.54) is 87.5 Å². The van der Waals surface area contributed by atoms with E-state index in [1.807, 2.05) is 0 Å². The van der Waals surface area contributed by atoms with Crippen LogP contribution < -0.4 is 4.90 Å². The molecule has 12 aromatic rings. The molecule has 0 atom stereocenters. The number of fused-ring (bicyclic) bond motifs is 10. The minimum Gasteiger partial charge on any atom is -0.310 e. The molecule has 0 saturated heterocycles. The molecule has 0 spiro atoms. The molecule has 0 aliphatic carbocycles. The highest BCUT2D eigenvalue weighted by Gasteiger charge is 2.21. The van der Waals surface area contributed by atoms with Crippen molar-refractivity contribution in [1.29, 1.82) is 0 Å². The maximum atomic E-state index is 2.51. The lowest BCUT2D eigenvalue weighted by Gasteiger charge is -2.29. The lowest BCUT2D eigenvalue weighted by Crippen LogP contribution is -2.11. The summed E-state index contributed by atoms with van der Waals surface area (Å²) in [5, 5.41) is 9.79. The first-order valence-electron chi connectivity index (χ1n) is 21.3. The average molecular weight is 789 g/mol. The molecule has 0 fully saturated rings. The SMILES string of the molecule is c1ccc(-c2ccc(N(c3ccc4c(c3)c3cccc5c6ccccc6c6ccccc6c6ccccc6n4c53)c3ccc(-c4ccccc4)cc3-c3ccccc3)cc2)cc1. The molecule has 62 heavy (non-hydrogen) atoms. The fourth-order valence-corrected chi connectivity index (χ4v) is 9.72. The van der Waals surface area contributed by atoms with Gasteiger partial charge < -0.3 is 9.30 Å². The van der Waals surface area contributed by atoms with Gasteiger partial charge in [-0.2, -0.15) is 0 Å². The maximum absolute atomic E-state index is 2.51. The minimum atomic E-state index is 1.09. The largest absolute Gasteiger partial charge is 0.310 e. The molecule has 10 aromatic carbocycles. The van der Waals surface area contributed by atoms with Crippen molar-refractivity contribution in [2.75, 3.05) is 4.90 Å². The van der Waals surface area contributed by atoms with E-state index in [-0.39, 0.29) is 0 Å². The highest BCUT2D eigenvalue weighted by atomic mass is 15.1. The molecule has 0 unspecified atom stereocenters. The summed E-state index contributed by atoms with van der Waals surface area (Å²) in [5.41, 5.74) is 13.9. The van der Waals surface area contributed by atoms with Gasteiger partial charge in [-0.15, -0.1) is 0 Å². The van der Waals surface area contributed by atoms with Gasteiger partial charge >= 0.3 is 0 Å². The first-order chi connectivity index (χ1) is 30.8. The van der Waals surface area contributed by atoms with Gasteiger partial charge in [0.05, 0.1) is 22.2 Å². The average Bonchev–Trinajstić information content (AvgIpc) is 3.70. The molecule has 2 heterocycles. The Bertz CT molecular complexity index is 3660. The second-order valence-corrected chi connectivity index (χ2v) is 16.1. The van der Waals surface area contributed by atoms with Crippen LogP contribution in [0, 0.1) is 0 Å². The summed E-state index contributed by atoms with van der Waals surface area (Å²) in [6.45, 7) is 0. The molecule has 0 N–H and O–H groups in total. The van der Waals surface area contributed by atoms with E-state index in [0.717, 1.165) is 22.6 Å². The van der Waals surface area contributed by atoms with E-state index in [9.17, 15) is 0 Å². The predicted molar refractivity (Wildman–Crippen MR) is 265 cm³/mol. The summed E-state index contributed by atoms with van der Waals surface area (Å²) in [6, 6.07) is 88.7. The number of anilines is 3. The summed E-state index contributed by atoms with van der Waals surface area (Å²) in [5.74, 6) is 0. The van der Waals surface area contributed by atoms with Crippen LogP contribution in [0.25, 0.3) is 93.0 Å². The number of aromatic nitrogens is 1. The van der Waals surface area contributed by atoms with E-state index in [0.29, 0.717) is 0 Å². The van der Waals surface area contributed by atoms with E-state index in [2.05, 4.69) is 252 Å². The van der Waals surface area contributed by atoms with Gasteiger partial charge in [-0.3, -0.25) is 0 Å². The van der Waals surface area contributed by atoms with Crippen molar-refractivity contribution in [3.8, 4) is 33.4 Å². The second-order valence-electron chi connectivity index (χ2n) is 16.1. The number of nitrogens with zero attached hydrogens (tertiary/aromatic N) is 2. The third-order valence-electron chi connectivity index (χ3n) is 12.6. The van der Waals surface area contributed by atoms with Crippen LogP contribution >= 0.6 is 0 Å². The van der Waals surface area contributed by atoms with E-state index in [4.69, 9.17) is 0 Å². The first kappa shape index (κ1) is 35.7. The zero-order valence-corrected chi connectivity index (χ0v) is 34.0. The van der Waals surface area contributed by atoms with Crippen LogP contribution in [0.3, 0.4) is 0 Å². The van der Waals surface area contributed by atoms with Gasteiger partial charge in [0.25, 0.3) is 0 Å². The van der Waals surface area contributed by atoms with Crippen LogP contribution in [-0.4, -0.2) is 4.40 Å². The monoisotopic (exact) mass is 788 g/mol. The smallest absolute Gasteiger partial charge is 0.0619 e. The van der Waals surface area contributed by atoms with Crippen molar-refractivity contribution >= 4 is 76.7 Å². The molecule has 0 aliphatic heterocycles. The molecule has 290 valence electrons. The lowest BCUT2D eigenvalue weighted by molar-refractivity contribution is 1.28. The standard InChI is InChI=1S/C60H40N2/c1-4-17-41(18-5-1)43-31-34-46(35-32-43)61(58-37-33-45(42-19-6-2-7-20-42)39-55(58)44-21-8-3-9-22-44)47-36-38-59-56(40-47)54-29-16-28-53-51-26-13-11-24-49(51)48-23-10-12-25-50(48)52-27-14-15-30-57(52)62(59)60(53)54/h1-40H. The summed E-state index contributed by atoms with van der Waals surface area (Å²) < 4.78 is 2.51. The summed E-state index contributed by atoms with van der Waals surface area (Å²) >= 11 is 0. The van der Waals surface area contributed by atoms with Gasteiger partial charge in [0.15, 0.2) is 0 Å². The van der Waals surface area contributed by atoms with Gasteiger partial charge in [-0.1, -0.05) is 194 Å². The predicted octanol–water partition coefficient (Wildman–Crippen LogP) is 16.7. The molecule has 2 heteroatoms. The highest BCUT2D eigenvalue weighted by molar-refractivity contribution is 6.25. The fourth-order valence-electron chi connectivity index (χ4n) is 9.72. The third-order valence-corrected chi connectivity index (χ3v) is 12.6. The van der Waals surface area contributed by atoms with Gasteiger partial charge in [0, 0.05) is 38.5 Å². The van der Waals surface area contributed by atoms with E-state index < -0.39 is 0 Å². The number of para-hydroxylation sites is 2. The van der Waals surface area contributed by atoms with Gasteiger partial charge in [0.2, 0.25) is 0 Å². The zero-order valence-electron chi connectivity index (χ0n) is 34.0. The highest BCUT2D eigenvalue weighted by Crippen LogP contribution is 2.46. The Labute approximate surface area is 360 Å². The van der Waals surface area contributed by atoms with E-state index in [1.54, 1.807) is 0 Å². The number of hydrogen-bond donors (Lipinski definition) is 0. The van der Waals surface area contributed by atoms with Crippen molar-refractivity contribution in [3.63, 3.8) is 0 Å². The zero-order chi connectivity index (χ0) is 41.0. The summed E-state index contributed by atoms with van der Waals surface area (Å²) in [7, 11) is 0. The van der Waals surface area contributed by atoms with Crippen LogP contribution in [0.1, 0.15) is 0 Å². The Morgan fingerprint density at radius 2 is 0.694 bits per heavy atom. The molecular weight excluding hydrogens is 749 g/mol. The number of benzene rings is 10. The second kappa shape index (κ2) is 14.8. The minimum absolute atomic E-state index is 1.09. The maximum Gasteiger partial charge on any atom is 0.0619 e. The summed E-state index contributed by atoms with van der Waals surface area (Å²) in [6.07, 6.45) is 0. The van der Waals surface area contributed by atoms with E-state index >= 15 is 0 Å². The Morgan fingerprint density at radius 1 is 0.258 bits per heavy atom. The number of rotatable bonds is 6. The lowest BCUT2D eigenvalue weighted by atomic mass is 9.96. The van der Waals surface area contributed by atoms with Gasteiger partial charge in [-0.05, 0) is 97.9 Å². The number of hydrogen-bond acceptors (Lipinski definition) is 1. The molecular formula is C60H40N2. The fraction of sp³-hybridized carbons (Fsp3) is 0. The molecule has 0 saturated carbocycles. The molecule has 12 rings (SSSR count). The van der Waals surface area contributed by atoms with Crippen molar-refractivity contribution < 1.29 is 0 Å². The van der Waals surface area contributed by atoms with Crippen LogP contribution in [0.5, 0.6) is 0 Å². The van der Waals surface area contributed by atoms with Crippen LogP contribution in [0.2, 0.25) is 0 Å². The Balaban J connectivity index is 1.17. The quantitative estimate of drug-likeness (QED) is 0.163. The Hall–Kier alpha value is -8.20. The molecule has 0 radical (unpaired) electrons. The topological polar surface area (TPSA) is 7.65 Å².